The monoisotopic (exact) mass is 349 g/mol. The van der Waals surface area contributed by atoms with Gasteiger partial charge in [0.1, 0.15) is 5.82 Å². The standard InChI is InChI=1S/C19H28FN3O2/c1-19(2,15-7-5-6-8-16(15)20)13-21-17(24)14-9-11-23(12-10-14)18(25)22(3)4/h5-8,14H,9-13H2,1-4H3,(H,21,24). The molecule has 0 spiro atoms. The van der Waals surface area contributed by atoms with Crippen LogP contribution in [0.1, 0.15) is 32.3 Å². The maximum absolute atomic E-state index is 14.0. The summed E-state index contributed by atoms with van der Waals surface area (Å²) in [6.45, 7) is 5.40. The number of rotatable bonds is 4. The van der Waals surface area contributed by atoms with Crippen LogP contribution in [0.3, 0.4) is 0 Å². The number of hydrogen-bond donors (Lipinski definition) is 1. The second kappa shape index (κ2) is 7.85. The first-order valence-corrected chi connectivity index (χ1v) is 8.71. The average molecular weight is 349 g/mol. The molecule has 0 aromatic heterocycles. The van der Waals surface area contributed by atoms with Gasteiger partial charge in [-0.15, -0.1) is 0 Å². The molecule has 1 heterocycles. The Morgan fingerprint density at radius 1 is 1.24 bits per heavy atom. The summed E-state index contributed by atoms with van der Waals surface area (Å²) in [5.41, 5.74) is 0.115. The highest BCUT2D eigenvalue weighted by molar-refractivity contribution is 5.79. The van der Waals surface area contributed by atoms with Crippen LogP contribution in [0.25, 0.3) is 0 Å². The molecule has 1 aliphatic heterocycles. The number of carbonyl (C=O) groups is 2. The van der Waals surface area contributed by atoms with Gasteiger partial charge in [0.05, 0.1) is 0 Å². The van der Waals surface area contributed by atoms with Crippen LogP contribution in [0.5, 0.6) is 0 Å². The molecule has 0 unspecified atom stereocenters. The topological polar surface area (TPSA) is 52.7 Å². The van der Waals surface area contributed by atoms with Crippen molar-refractivity contribution in [1.29, 1.82) is 0 Å². The SMILES string of the molecule is CN(C)C(=O)N1CCC(C(=O)NCC(C)(C)c2ccccc2F)CC1. The molecule has 0 aliphatic carbocycles. The number of likely N-dealkylation sites (tertiary alicyclic amines) is 1. The van der Waals surface area contributed by atoms with Crippen LogP contribution in [-0.2, 0) is 10.2 Å². The Bertz CT molecular complexity index is 623. The molecule has 3 amide bonds. The van der Waals surface area contributed by atoms with Crippen molar-refractivity contribution in [3.8, 4) is 0 Å². The van der Waals surface area contributed by atoms with Crippen LogP contribution >= 0.6 is 0 Å². The number of hydrogen-bond acceptors (Lipinski definition) is 2. The Kier molecular flexibility index (Phi) is 6.03. The number of carbonyl (C=O) groups excluding carboxylic acids is 2. The van der Waals surface area contributed by atoms with Crippen LogP contribution in [0, 0.1) is 11.7 Å². The van der Waals surface area contributed by atoms with Crippen LogP contribution in [0.4, 0.5) is 9.18 Å². The number of benzene rings is 1. The molecule has 0 atom stereocenters. The van der Waals surface area contributed by atoms with Gasteiger partial charge in [0.2, 0.25) is 5.91 Å². The van der Waals surface area contributed by atoms with E-state index >= 15 is 0 Å². The quantitative estimate of drug-likeness (QED) is 0.908. The molecule has 0 saturated carbocycles. The molecule has 2 rings (SSSR count). The molecule has 1 aliphatic rings. The van der Waals surface area contributed by atoms with E-state index in [0.717, 1.165) is 0 Å². The molecular weight excluding hydrogens is 321 g/mol. The Morgan fingerprint density at radius 2 is 1.84 bits per heavy atom. The van der Waals surface area contributed by atoms with Gasteiger partial charge in [-0.25, -0.2) is 9.18 Å². The molecule has 1 fully saturated rings. The van der Waals surface area contributed by atoms with Crippen molar-refractivity contribution >= 4 is 11.9 Å². The van der Waals surface area contributed by atoms with Crippen LogP contribution in [-0.4, -0.2) is 55.5 Å². The lowest BCUT2D eigenvalue weighted by molar-refractivity contribution is -0.126. The van der Waals surface area contributed by atoms with Crippen molar-refractivity contribution in [1.82, 2.24) is 15.1 Å². The van der Waals surface area contributed by atoms with E-state index in [4.69, 9.17) is 0 Å². The predicted molar refractivity (Wildman–Crippen MR) is 95.8 cm³/mol. The number of halogens is 1. The molecule has 6 heteroatoms. The molecule has 1 saturated heterocycles. The van der Waals surface area contributed by atoms with Gasteiger partial charge in [0, 0.05) is 45.1 Å². The Labute approximate surface area is 149 Å². The van der Waals surface area contributed by atoms with E-state index in [2.05, 4.69) is 5.32 Å². The first kappa shape index (κ1) is 19.2. The maximum Gasteiger partial charge on any atom is 0.319 e. The van der Waals surface area contributed by atoms with Crippen LogP contribution < -0.4 is 5.32 Å². The lowest BCUT2D eigenvalue weighted by atomic mass is 9.84. The summed E-state index contributed by atoms with van der Waals surface area (Å²) in [4.78, 5) is 27.7. The van der Waals surface area contributed by atoms with Gasteiger partial charge < -0.3 is 15.1 Å². The zero-order valence-corrected chi connectivity index (χ0v) is 15.5. The molecule has 1 aromatic carbocycles. The van der Waals surface area contributed by atoms with E-state index in [1.165, 1.54) is 6.07 Å². The predicted octanol–water partition coefficient (Wildman–Crippen LogP) is 2.61. The van der Waals surface area contributed by atoms with Crippen molar-refractivity contribution in [2.24, 2.45) is 5.92 Å². The molecule has 0 radical (unpaired) electrons. The highest BCUT2D eigenvalue weighted by Crippen LogP contribution is 2.25. The lowest BCUT2D eigenvalue weighted by Crippen LogP contribution is -2.47. The number of nitrogens with one attached hydrogen (secondary N) is 1. The third-order valence-electron chi connectivity index (χ3n) is 4.83. The zero-order valence-electron chi connectivity index (χ0n) is 15.5. The van der Waals surface area contributed by atoms with Crippen molar-refractivity contribution < 1.29 is 14.0 Å². The van der Waals surface area contributed by atoms with E-state index in [1.807, 2.05) is 13.8 Å². The highest BCUT2D eigenvalue weighted by Gasteiger charge is 2.30. The number of nitrogens with zero attached hydrogens (tertiary/aromatic N) is 2. The Morgan fingerprint density at radius 3 is 2.40 bits per heavy atom. The number of amides is 3. The fourth-order valence-electron chi connectivity index (χ4n) is 3.17. The average Bonchev–Trinajstić information content (AvgIpc) is 2.59. The van der Waals surface area contributed by atoms with E-state index in [1.54, 1.807) is 42.1 Å². The van der Waals surface area contributed by atoms with Crippen LogP contribution in [0.15, 0.2) is 24.3 Å². The van der Waals surface area contributed by atoms with E-state index < -0.39 is 5.41 Å². The third kappa shape index (κ3) is 4.71. The van der Waals surface area contributed by atoms with Gasteiger partial charge in [-0.3, -0.25) is 4.79 Å². The molecular formula is C19H28FN3O2. The van der Waals surface area contributed by atoms with Gasteiger partial charge in [-0.05, 0) is 24.5 Å². The summed E-state index contributed by atoms with van der Waals surface area (Å²) in [6.07, 6.45) is 1.32. The zero-order chi connectivity index (χ0) is 18.6. The molecule has 1 aromatic rings. The van der Waals surface area contributed by atoms with Crippen molar-refractivity contribution in [2.75, 3.05) is 33.7 Å². The summed E-state index contributed by atoms with van der Waals surface area (Å²) in [7, 11) is 3.46. The minimum Gasteiger partial charge on any atom is -0.355 e. The fraction of sp³-hybridized carbons (Fsp3) is 0.579. The second-order valence-corrected chi connectivity index (χ2v) is 7.52. The Hall–Kier alpha value is -2.11. The summed E-state index contributed by atoms with van der Waals surface area (Å²) >= 11 is 0. The second-order valence-electron chi connectivity index (χ2n) is 7.52. The van der Waals surface area contributed by atoms with Gasteiger partial charge in [0.25, 0.3) is 0 Å². The molecule has 1 N–H and O–H groups in total. The normalized spacial score (nSPS) is 15.8. The maximum atomic E-state index is 14.0. The Balaban J connectivity index is 1.87. The molecule has 25 heavy (non-hydrogen) atoms. The van der Waals surface area contributed by atoms with Crippen molar-refractivity contribution in [3.63, 3.8) is 0 Å². The smallest absolute Gasteiger partial charge is 0.319 e. The van der Waals surface area contributed by atoms with Crippen molar-refractivity contribution in [3.05, 3.63) is 35.6 Å². The lowest BCUT2D eigenvalue weighted by Gasteiger charge is -2.33. The largest absolute Gasteiger partial charge is 0.355 e. The number of urea groups is 1. The van der Waals surface area contributed by atoms with Gasteiger partial charge >= 0.3 is 6.03 Å². The molecule has 0 bridgehead atoms. The highest BCUT2D eigenvalue weighted by atomic mass is 19.1. The third-order valence-corrected chi connectivity index (χ3v) is 4.83. The minimum atomic E-state index is -0.484. The van der Waals surface area contributed by atoms with Gasteiger partial charge in [-0.2, -0.15) is 0 Å². The van der Waals surface area contributed by atoms with E-state index in [-0.39, 0.29) is 23.7 Å². The van der Waals surface area contributed by atoms with Crippen molar-refractivity contribution in [2.45, 2.75) is 32.1 Å². The summed E-state index contributed by atoms with van der Waals surface area (Å²) in [5.74, 6) is -0.360. The molecule has 138 valence electrons. The van der Waals surface area contributed by atoms with E-state index in [9.17, 15) is 14.0 Å². The summed E-state index contributed by atoms with van der Waals surface area (Å²) < 4.78 is 14.0. The van der Waals surface area contributed by atoms with Gasteiger partial charge in [-0.1, -0.05) is 32.0 Å². The first-order chi connectivity index (χ1) is 11.7. The van der Waals surface area contributed by atoms with E-state index in [0.29, 0.717) is 38.0 Å². The number of piperidine rings is 1. The molecule has 5 nitrogen and oxygen atoms in total. The first-order valence-electron chi connectivity index (χ1n) is 8.71. The van der Waals surface area contributed by atoms with Gasteiger partial charge in [0.15, 0.2) is 0 Å². The summed E-state index contributed by atoms with van der Waals surface area (Å²) in [6, 6.07) is 6.65. The van der Waals surface area contributed by atoms with Crippen LogP contribution in [0.2, 0.25) is 0 Å². The fourth-order valence-corrected chi connectivity index (χ4v) is 3.17. The minimum absolute atomic E-state index is 0.0126. The summed E-state index contributed by atoms with van der Waals surface area (Å²) in [5, 5.41) is 2.97.